The first kappa shape index (κ1) is 35.2. The second-order valence-electron chi connectivity index (χ2n) is 14.5. The van der Waals surface area contributed by atoms with E-state index in [1.165, 1.54) is 17.0 Å². The van der Waals surface area contributed by atoms with Crippen LogP contribution in [-0.4, -0.2) is 71.5 Å². The summed E-state index contributed by atoms with van der Waals surface area (Å²) < 4.78 is 68.4. The molecule has 0 unspecified atom stereocenters. The molecule has 2 aliphatic heterocycles. The Hall–Kier alpha value is -3.65. The molecule has 266 valence electrons. The molecule has 1 saturated heterocycles. The average molecular weight is 703 g/mol. The molecule has 11 nitrogen and oxygen atoms in total. The fraction of sp³-hybridized carbons (Fsp3) is 0.600. The predicted octanol–water partition coefficient (Wildman–Crippen LogP) is 4.46. The molecule has 49 heavy (non-hydrogen) atoms. The van der Waals surface area contributed by atoms with Gasteiger partial charge in [0.15, 0.2) is 17.4 Å². The Labute approximate surface area is 285 Å². The van der Waals surface area contributed by atoms with Gasteiger partial charge in [-0.15, -0.1) is 0 Å². The second kappa shape index (κ2) is 13.2. The normalized spacial score (nSPS) is 29.4. The number of carbonyl (C=O) groups excluding carboxylic acids is 3. The monoisotopic (exact) mass is 702 g/mol. The Morgan fingerprint density at radius 1 is 1.16 bits per heavy atom. The van der Waals surface area contributed by atoms with Gasteiger partial charge in [0, 0.05) is 24.3 Å². The lowest BCUT2D eigenvalue weighted by Crippen LogP contribution is -2.50. The maximum Gasteiger partial charge on any atom is 0.240 e. The Balaban J connectivity index is 1.31. The number of benzene rings is 1. The van der Waals surface area contributed by atoms with Crippen LogP contribution < -0.4 is 19.9 Å². The van der Waals surface area contributed by atoms with Gasteiger partial charge >= 0.3 is 0 Å². The lowest BCUT2D eigenvalue weighted by Gasteiger charge is -2.27. The van der Waals surface area contributed by atoms with Crippen LogP contribution in [0.1, 0.15) is 85.0 Å². The summed E-state index contributed by atoms with van der Waals surface area (Å²) >= 11 is 0. The molecule has 0 spiro atoms. The first-order valence-corrected chi connectivity index (χ1v) is 18.6. The number of fused-ring (bicyclic) bond motifs is 3. The fourth-order valence-corrected chi connectivity index (χ4v) is 8.28. The van der Waals surface area contributed by atoms with Crippen LogP contribution in [0.4, 0.5) is 8.78 Å². The lowest BCUT2D eigenvalue weighted by molar-refractivity contribution is -0.140. The quantitative estimate of drug-likeness (QED) is 0.398. The molecule has 14 heteroatoms. The van der Waals surface area contributed by atoms with Crippen molar-refractivity contribution < 1.29 is 41.1 Å². The molecule has 2 saturated carbocycles. The van der Waals surface area contributed by atoms with Crippen LogP contribution >= 0.6 is 0 Å². The van der Waals surface area contributed by atoms with Crippen LogP contribution in [0.5, 0.6) is 11.6 Å². The van der Waals surface area contributed by atoms with Gasteiger partial charge < -0.3 is 20.1 Å². The van der Waals surface area contributed by atoms with Crippen molar-refractivity contribution in [2.45, 2.75) is 114 Å². The number of halogens is 2. The summed E-state index contributed by atoms with van der Waals surface area (Å²) in [6.07, 6.45) is 7.33. The van der Waals surface area contributed by atoms with Crippen molar-refractivity contribution in [3.63, 3.8) is 0 Å². The Kier molecular flexibility index (Phi) is 9.50. The van der Waals surface area contributed by atoms with Crippen LogP contribution in [0.3, 0.4) is 0 Å². The zero-order valence-electron chi connectivity index (χ0n) is 28.0. The van der Waals surface area contributed by atoms with Gasteiger partial charge in [-0.05, 0) is 77.3 Å². The number of aromatic nitrogens is 1. The van der Waals surface area contributed by atoms with Crippen LogP contribution in [0.2, 0.25) is 0 Å². The molecule has 2 amide bonds. The summed E-state index contributed by atoms with van der Waals surface area (Å²) in [5.74, 6) is -3.97. The van der Waals surface area contributed by atoms with Gasteiger partial charge in [0.25, 0.3) is 0 Å². The molecule has 1 aromatic carbocycles. The van der Waals surface area contributed by atoms with Gasteiger partial charge in [-0.2, -0.15) is 0 Å². The molecule has 2 aromatic rings. The molecular weight excluding hydrogens is 658 g/mol. The molecule has 0 bridgehead atoms. The maximum absolute atomic E-state index is 14.9. The van der Waals surface area contributed by atoms with Gasteiger partial charge in [0.05, 0.1) is 34.9 Å². The van der Waals surface area contributed by atoms with E-state index in [2.05, 4.69) is 9.71 Å². The number of ether oxygens (including phenoxy) is 2. The summed E-state index contributed by atoms with van der Waals surface area (Å²) in [6, 6.07) is 1.90. The predicted molar refractivity (Wildman–Crippen MR) is 177 cm³/mol. The van der Waals surface area contributed by atoms with Crippen molar-refractivity contribution >= 4 is 38.5 Å². The molecule has 3 N–H and O–H groups in total. The molecule has 3 fully saturated rings. The zero-order chi connectivity index (χ0) is 35.3. The molecule has 5 atom stereocenters. The van der Waals surface area contributed by atoms with E-state index in [-0.39, 0.29) is 53.9 Å². The van der Waals surface area contributed by atoms with Crippen molar-refractivity contribution in [2.75, 3.05) is 6.54 Å². The van der Waals surface area contributed by atoms with E-state index in [1.54, 1.807) is 20.8 Å². The maximum atomic E-state index is 14.9. The lowest BCUT2D eigenvalue weighted by atomic mass is 9.91. The SMILES string of the molecule is CC(C)Oc1cc(O[C@@H]2C[C@H]3C(=O)C[C@]4(C(=O)NS(=O)(=O)C5(C)CC5)C[C@@H]4/C=C\CCCCC[C@H](N)C(=O)N3C2)c2ccc(F)c(F)c2n1. The number of hydrogen-bond acceptors (Lipinski definition) is 9. The zero-order valence-corrected chi connectivity index (χ0v) is 28.9. The van der Waals surface area contributed by atoms with E-state index in [0.29, 0.717) is 32.1 Å². The molecule has 2 aliphatic carbocycles. The fourth-order valence-electron chi connectivity index (χ4n) is 6.94. The number of Topliss-reactive ketones (excluding diaryl/α,β-unsaturated/α-hetero) is 1. The minimum atomic E-state index is -3.94. The van der Waals surface area contributed by atoms with E-state index in [1.807, 2.05) is 12.2 Å². The molecule has 3 heterocycles. The topological polar surface area (TPSA) is 158 Å². The minimum absolute atomic E-state index is 0.0137. The number of allylic oxidation sites excluding steroid dienone is 2. The first-order chi connectivity index (χ1) is 23.1. The Morgan fingerprint density at radius 2 is 1.92 bits per heavy atom. The first-order valence-electron chi connectivity index (χ1n) is 17.1. The highest BCUT2D eigenvalue weighted by Gasteiger charge is 2.62. The third kappa shape index (κ3) is 7.03. The molecule has 1 aromatic heterocycles. The Morgan fingerprint density at radius 3 is 2.63 bits per heavy atom. The number of nitrogens with zero attached hydrogens (tertiary/aromatic N) is 2. The number of sulfonamides is 1. The number of nitrogens with two attached hydrogens (primary N) is 1. The standard InChI is InChI=1S/C35H44F2N4O7S/c1-20(2)47-29-16-28(23-11-12-24(36)30(37)31(23)39-29)48-22-15-26-27(42)18-35(33(44)40-49(45,46)34(3)13-14-34)17-21(35)9-7-5-4-6-8-10-25(38)32(43)41(26)19-22/h7,9,11-12,16,20-22,25-26H,4-6,8,10,13-15,17-19,38H2,1-3H3,(H,40,44)/b9-7-/t21-,22+,25-,26-,35+/m0/s1. The number of amides is 2. The molecule has 0 radical (unpaired) electrons. The number of carbonyl (C=O) groups is 3. The summed E-state index contributed by atoms with van der Waals surface area (Å²) in [5, 5.41) is 0.183. The summed E-state index contributed by atoms with van der Waals surface area (Å²) in [7, 11) is -3.94. The highest BCUT2D eigenvalue weighted by Crippen LogP contribution is 2.57. The highest BCUT2D eigenvalue weighted by atomic mass is 32.2. The Bertz CT molecular complexity index is 1800. The number of hydrogen-bond donors (Lipinski definition) is 2. The van der Waals surface area contributed by atoms with Gasteiger partial charge in [0.2, 0.25) is 27.7 Å². The minimum Gasteiger partial charge on any atom is -0.488 e. The average Bonchev–Trinajstić information content (AvgIpc) is 3.91. The van der Waals surface area contributed by atoms with Gasteiger partial charge in [-0.1, -0.05) is 25.0 Å². The van der Waals surface area contributed by atoms with Gasteiger partial charge in [0.1, 0.15) is 17.4 Å². The van der Waals surface area contributed by atoms with Gasteiger partial charge in [-0.3, -0.25) is 19.1 Å². The largest absolute Gasteiger partial charge is 0.488 e. The second-order valence-corrected chi connectivity index (χ2v) is 16.7. The third-order valence-electron chi connectivity index (χ3n) is 10.4. The van der Waals surface area contributed by atoms with E-state index in [4.69, 9.17) is 15.2 Å². The van der Waals surface area contributed by atoms with Crippen molar-refractivity contribution in [2.24, 2.45) is 17.1 Å². The molecule has 6 rings (SSSR count). The van der Waals surface area contributed by atoms with Crippen molar-refractivity contribution in [1.82, 2.24) is 14.6 Å². The van der Waals surface area contributed by atoms with Crippen LogP contribution in [0.25, 0.3) is 10.9 Å². The van der Waals surface area contributed by atoms with Crippen molar-refractivity contribution in [3.05, 3.63) is 42.0 Å². The highest BCUT2D eigenvalue weighted by molar-refractivity contribution is 7.91. The number of nitrogens with one attached hydrogen (secondary N) is 1. The number of rotatable bonds is 7. The van der Waals surface area contributed by atoms with E-state index in [9.17, 15) is 31.6 Å². The van der Waals surface area contributed by atoms with E-state index < -0.39 is 67.6 Å². The van der Waals surface area contributed by atoms with E-state index >= 15 is 0 Å². The number of ketones is 1. The summed E-state index contributed by atoms with van der Waals surface area (Å²) in [5.41, 5.74) is 4.81. The van der Waals surface area contributed by atoms with Crippen LogP contribution in [0, 0.1) is 23.0 Å². The van der Waals surface area contributed by atoms with E-state index in [0.717, 1.165) is 25.3 Å². The van der Waals surface area contributed by atoms with Crippen LogP contribution in [0.15, 0.2) is 30.4 Å². The van der Waals surface area contributed by atoms with Crippen molar-refractivity contribution in [3.8, 4) is 11.6 Å². The summed E-state index contributed by atoms with van der Waals surface area (Å²) in [6.45, 7) is 5.08. The smallest absolute Gasteiger partial charge is 0.240 e. The van der Waals surface area contributed by atoms with Gasteiger partial charge in [-0.25, -0.2) is 22.2 Å². The van der Waals surface area contributed by atoms with Crippen molar-refractivity contribution in [1.29, 1.82) is 0 Å². The molecule has 4 aliphatic rings. The van der Waals surface area contributed by atoms with Crippen LogP contribution in [-0.2, 0) is 24.4 Å². The summed E-state index contributed by atoms with van der Waals surface area (Å²) in [4.78, 5) is 47.3. The number of pyridine rings is 1. The third-order valence-corrected chi connectivity index (χ3v) is 12.5. The molecular formula is C35H44F2N4O7S.